The van der Waals surface area contributed by atoms with Gasteiger partial charge in [0.2, 0.25) is 15.9 Å². The van der Waals surface area contributed by atoms with Crippen molar-refractivity contribution in [3.8, 4) is 0 Å². The molecule has 0 radical (unpaired) electrons. The number of carbonyl (C=O) groups is 1. The fraction of sp³-hybridized carbons (Fsp3) is 0.462. The predicted molar refractivity (Wildman–Crippen MR) is 74.7 cm³/mol. The monoisotopic (exact) mass is 298 g/mol. The summed E-state index contributed by atoms with van der Waals surface area (Å²) >= 11 is 0. The van der Waals surface area contributed by atoms with Gasteiger partial charge in [0.15, 0.2) is 0 Å². The molecule has 1 unspecified atom stereocenters. The van der Waals surface area contributed by atoms with Crippen molar-refractivity contribution >= 4 is 21.6 Å². The second-order valence-corrected chi connectivity index (χ2v) is 6.29. The molecular weight excluding hydrogens is 280 g/mol. The molecule has 0 spiro atoms. The largest absolute Gasteiger partial charge is 0.378 e. The second-order valence-electron chi connectivity index (χ2n) is 4.76. The highest BCUT2D eigenvalue weighted by Gasteiger charge is 2.18. The van der Waals surface area contributed by atoms with Crippen LogP contribution in [0.2, 0.25) is 0 Å². The second kappa shape index (κ2) is 6.34. The molecular formula is C13H18N2O4S. The van der Waals surface area contributed by atoms with Crippen molar-refractivity contribution < 1.29 is 17.9 Å². The van der Waals surface area contributed by atoms with Crippen LogP contribution in [0.5, 0.6) is 0 Å². The summed E-state index contributed by atoms with van der Waals surface area (Å²) in [6.07, 6.45) is 3.07. The zero-order valence-corrected chi connectivity index (χ0v) is 11.9. The molecule has 110 valence electrons. The highest BCUT2D eigenvalue weighted by atomic mass is 32.2. The van der Waals surface area contributed by atoms with Crippen LogP contribution < -0.4 is 10.5 Å². The van der Waals surface area contributed by atoms with E-state index in [2.05, 4.69) is 5.32 Å². The van der Waals surface area contributed by atoms with E-state index in [0.717, 1.165) is 19.4 Å². The van der Waals surface area contributed by atoms with Crippen molar-refractivity contribution in [3.05, 3.63) is 24.3 Å². The first-order valence-electron chi connectivity index (χ1n) is 6.50. The van der Waals surface area contributed by atoms with Gasteiger partial charge in [-0.25, -0.2) is 13.6 Å². The summed E-state index contributed by atoms with van der Waals surface area (Å²) in [5, 5.41) is 7.70. The fourth-order valence-electron chi connectivity index (χ4n) is 2.19. The van der Waals surface area contributed by atoms with Gasteiger partial charge in [-0.05, 0) is 31.4 Å². The third kappa shape index (κ3) is 4.03. The molecule has 1 fully saturated rings. The van der Waals surface area contributed by atoms with Gasteiger partial charge in [0.05, 0.1) is 11.8 Å². The number of anilines is 1. The molecule has 3 N–H and O–H groups in total. The Labute approximate surface area is 118 Å². The van der Waals surface area contributed by atoms with Crippen LogP contribution in [-0.2, 0) is 19.6 Å². The molecule has 1 aromatic carbocycles. The van der Waals surface area contributed by atoms with E-state index in [-0.39, 0.29) is 22.6 Å². The summed E-state index contributed by atoms with van der Waals surface area (Å²) in [7, 11) is -3.85. The molecule has 6 nitrogen and oxygen atoms in total. The summed E-state index contributed by atoms with van der Waals surface area (Å²) < 4.78 is 28.3. The van der Waals surface area contributed by atoms with Crippen LogP contribution in [0.1, 0.15) is 25.7 Å². The van der Waals surface area contributed by atoms with Gasteiger partial charge < -0.3 is 10.1 Å². The van der Waals surface area contributed by atoms with Gasteiger partial charge in [-0.15, -0.1) is 0 Å². The van der Waals surface area contributed by atoms with Crippen molar-refractivity contribution in [3.63, 3.8) is 0 Å². The van der Waals surface area contributed by atoms with E-state index < -0.39 is 10.0 Å². The quantitative estimate of drug-likeness (QED) is 0.854. The average Bonchev–Trinajstić information content (AvgIpc) is 2.89. The van der Waals surface area contributed by atoms with Crippen LogP contribution in [-0.4, -0.2) is 27.0 Å². The molecule has 1 aromatic rings. The van der Waals surface area contributed by atoms with E-state index in [1.807, 2.05) is 0 Å². The number of amides is 1. The van der Waals surface area contributed by atoms with E-state index >= 15 is 0 Å². The van der Waals surface area contributed by atoms with E-state index in [0.29, 0.717) is 12.8 Å². The lowest BCUT2D eigenvalue weighted by Crippen LogP contribution is -2.19. The lowest BCUT2D eigenvalue weighted by atomic mass is 10.1. The Bertz CT molecular complexity index is 580. The Morgan fingerprint density at radius 3 is 2.80 bits per heavy atom. The van der Waals surface area contributed by atoms with E-state index in [4.69, 9.17) is 9.88 Å². The lowest BCUT2D eigenvalue weighted by Gasteiger charge is -2.11. The van der Waals surface area contributed by atoms with E-state index in [9.17, 15) is 13.2 Å². The predicted octanol–water partition coefficient (Wildman–Crippen LogP) is 1.23. The molecule has 0 aliphatic carbocycles. The topological polar surface area (TPSA) is 98.5 Å². The number of nitrogens with one attached hydrogen (secondary N) is 1. The summed E-state index contributed by atoms with van der Waals surface area (Å²) in [4.78, 5) is 11.8. The van der Waals surface area contributed by atoms with Crippen molar-refractivity contribution in [1.29, 1.82) is 0 Å². The maximum atomic E-state index is 11.8. The number of sulfonamides is 1. The number of benzene rings is 1. The summed E-state index contributed by atoms with van der Waals surface area (Å²) in [6, 6.07) is 6.08. The van der Waals surface area contributed by atoms with Gasteiger partial charge in [0, 0.05) is 13.0 Å². The number of carbonyl (C=O) groups excluding carboxylic acids is 1. The molecule has 0 saturated carbocycles. The minimum Gasteiger partial charge on any atom is -0.378 e. The summed E-state index contributed by atoms with van der Waals surface area (Å²) in [5.74, 6) is -0.239. The molecule has 7 heteroatoms. The Hall–Kier alpha value is -1.44. The molecule has 2 rings (SSSR count). The number of primary sulfonamides is 1. The molecule has 1 atom stereocenters. The number of para-hydroxylation sites is 1. The molecule has 1 aliphatic rings. The molecule has 0 bridgehead atoms. The van der Waals surface area contributed by atoms with Crippen LogP contribution in [0.15, 0.2) is 29.2 Å². The first-order chi connectivity index (χ1) is 9.47. The fourth-order valence-corrected chi connectivity index (χ4v) is 2.89. The number of ether oxygens (including phenoxy) is 1. The van der Waals surface area contributed by atoms with E-state index in [1.165, 1.54) is 12.1 Å². The Morgan fingerprint density at radius 2 is 2.15 bits per heavy atom. The Balaban J connectivity index is 1.97. The molecule has 1 aliphatic heterocycles. The molecule has 1 saturated heterocycles. The van der Waals surface area contributed by atoms with Crippen molar-refractivity contribution in [1.82, 2.24) is 0 Å². The SMILES string of the molecule is NS(=O)(=O)c1ccccc1NC(=O)CCC1CCCO1. The molecule has 20 heavy (non-hydrogen) atoms. The Morgan fingerprint density at radius 1 is 1.40 bits per heavy atom. The van der Waals surface area contributed by atoms with Crippen molar-refractivity contribution in [2.45, 2.75) is 36.7 Å². The van der Waals surface area contributed by atoms with Gasteiger partial charge in [0.1, 0.15) is 4.90 Å². The molecule has 0 aromatic heterocycles. The third-order valence-electron chi connectivity index (χ3n) is 3.19. The normalized spacial score (nSPS) is 18.9. The first-order valence-corrected chi connectivity index (χ1v) is 8.05. The van der Waals surface area contributed by atoms with Gasteiger partial charge >= 0.3 is 0 Å². The highest BCUT2D eigenvalue weighted by molar-refractivity contribution is 7.89. The summed E-state index contributed by atoms with van der Waals surface area (Å²) in [6.45, 7) is 0.751. The van der Waals surface area contributed by atoms with Gasteiger partial charge in [-0.2, -0.15) is 0 Å². The molecule has 1 amide bonds. The molecule has 1 heterocycles. The highest BCUT2D eigenvalue weighted by Crippen LogP contribution is 2.21. The number of hydrogen-bond donors (Lipinski definition) is 2. The number of hydrogen-bond acceptors (Lipinski definition) is 4. The summed E-state index contributed by atoms with van der Waals surface area (Å²) in [5.41, 5.74) is 0.215. The number of rotatable bonds is 5. The smallest absolute Gasteiger partial charge is 0.240 e. The van der Waals surface area contributed by atoms with E-state index in [1.54, 1.807) is 12.1 Å². The van der Waals surface area contributed by atoms with Crippen molar-refractivity contribution in [2.24, 2.45) is 5.14 Å². The standard InChI is InChI=1S/C13H18N2O4S/c14-20(17,18)12-6-2-1-5-11(12)15-13(16)8-7-10-4-3-9-19-10/h1-2,5-6,10H,3-4,7-9H2,(H,15,16)(H2,14,17,18). The zero-order valence-electron chi connectivity index (χ0n) is 11.0. The maximum absolute atomic E-state index is 11.8. The Kier molecular flexibility index (Phi) is 4.74. The average molecular weight is 298 g/mol. The minimum atomic E-state index is -3.85. The van der Waals surface area contributed by atoms with Crippen LogP contribution in [0.25, 0.3) is 0 Å². The van der Waals surface area contributed by atoms with Crippen LogP contribution in [0.3, 0.4) is 0 Å². The van der Waals surface area contributed by atoms with Crippen LogP contribution >= 0.6 is 0 Å². The van der Waals surface area contributed by atoms with Gasteiger partial charge in [0.25, 0.3) is 0 Å². The number of nitrogens with two attached hydrogens (primary N) is 1. The van der Waals surface area contributed by atoms with Crippen LogP contribution in [0, 0.1) is 0 Å². The lowest BCUT2D eigenvalue weighted by molar-refractivity contribution is -0.116. The van der Waals surface area contributed by atoms with Crippen LogP contribution in [0.4, 0.5) is 5.69 Å². The third-order valence-corrected chi connectivity index (χ3v) is 4.15. The first kappa shape index (κ1) is 15.0. The minimum absolute atomic E-state index is 0.0783. The maximum Gasteiger partial charge on any atom is 0.240 e. The zero-order chi connectivity index (χ0) is 14.6. The van der Waals surface area contributed by atoms with Gasteiger partial charge in [-0.1, -0.05) is 12.1 Å². The van der Waals surface area contributed by atoms with Crippen molar-refractivity contribution in [2.75, 3.05) is 11.9 Å². The van der Waals surface area contributed by atoms with Gasteiger partial charge in [-0.3, -0.25) is 4.79 Å².